The van der Waals surface area contributed by atoms with E-state index in [4.69, 9.17) is 28.4 Å². The lowest BCUT2D eigenvalue weighted by Gasteiger charge is -2.30. The van der Waals surface area contributed by atoms with Crippen molar-refractivity contribution < 1.29 is 42.8 Å². The van der Waals surface area contributed by atoms with Crippen molar-refractivity contribution in [1.82, 2.24) is 15.6 Å². The van der Waals surface area contributed by atoms with Crippen LogP contribution in [0.5, 0.6) is 34.5 Å². The molecule has 2 amide bonds. The Bertz CT molecular complexity index is 1500. The van der Waals surface area contributed by atoms with Crippen LogP contribution in [0.3, 0.4) is 0 Å². The normalized spacial score (nSPS) is 12.3. The summed E-state index contributed by atoms with van der Waals surface area (Å²) >= 11 is 0. The second-order valence-electron chi connectivity index (χ2n) is 11.5. The molecule has 3 rings (SSSR count). The second-order valence-corrected chi connectivity index (χ2v) is 11.5. The van der Waals surface area contributed by atoms with Crippen molar-refractivity contribution >= 4 is 17.8 Å². The Morgan fingerprint density at radius 3 is 1.62 bits per heavy atom. The van der Waals surface area contributed by atoms with E-state index in [0.717, 1.165) is 11.1 Å². The van der Waals surface area contributed by atoms with Gasteiger partial charge in [0.15, 0.2) is 34.4 Å². The van der Waals surface area contributed by atoms with Gasteiger partial charge in [0.1, 0.15) is 6.04 Å². The molecule has 2 atom stereocenters. The average Bonchev–Trinajstić information content (AvgIpc) is 3.06. The third-order valence-electron chi connectivity index (χ3n) is 7.62. The third kappa shape index (κ3) is 8.63. The van der Waals surface area contributed by atoms with Crippen LogP contribution in [0.25, 0.3) is 0 Å². The number of carbonyl (C=O) groups is 3. The summed E-state index contributed by atoms with van der Waals surface area (Å²) in [5, 5.41) is 5.89. The minimum atomic E-state index is -0.969. The number of ether oxygens (including phenoxy) is 6. The van der Waals surface area contributed by atoms with Crippen molar-refractivity contribution in [1.29, 1.82) is 0 Å². The fourth-order valence-electron chi connectivity index (χ4n) is 5.07. The number of pyridine rings is 1. The first-order chi connectivity index (χ1) is 22.4. The maximum Gasteiger partial charge on any atom is 0.313 e. The third-order valence-corrected chi connectivity index (χ3v) is 7.62. The highest BCUT2D eigenvalue weighted by Crippen LogP contribution is 2.38. The Morgan fingerprint density at radius 2 is 1.17 bits per heavy atom. The molecule has 2 N–H and O–H groups in total. The molecule has 12 heteroatoms. The number of hydrogen-bond acceptors (Lipinski definition) is 10. The molecule has 1 heterocycles. The van der Waals surface area contributed by atoms with Gasteiger partial charge >= 0.3 is 5.97 Å². The van der Waals surface area contributed by atoms with Gasteiger partial charge in [-0.3, -0.25) is 14.4 Å². The lowest BCUT2D eigenvalue weighted by molar-refractivity contribution is -0.138. The lowest BCUT2D eigenvalue weighted by Crippen LogP contribution is -2.52. The van der Waals surface area contributed by atoms with E-state index in [1.165, 1.54) is 19.4 Å². The predicted molar refractivity (Wildman–Crippen MR) is 176 cm³/mol. The summed E-state index contributed by atoms with van der Waals surface area (Å²) in [6.45, 7) is 8.84. The van der Waals surface area contributed by atoms with Crippen LogP contribution in [-0.2, 0) is 9.59 Å². The number of esters is 1. The highest BCUT2D eigenvalue weighted by Gasteiger charge is 2.32. The van der Waals surface area contributed by atoms with Gasteiger partial charge in [-0.1, -0.05) is 39.8 Å². The summed E-state index contributed by atoms with van der Waals surface area (Å²) in [5.41, 5.74) is 1.49. The van der Waals surface area contributed by atoms with Crippen LogP contribution < -0.4 is 39.1 Å². The number of aromatic nitrogens is 1. The van der Waals surface area contributed by atoms with E-state index in [9.17, 15) is 14.4 Å². The largest absolute Gasteiger partial charge is 0.493 e. The fourth-order valence-corrected chi connectivity index (χ4v) is 5.07. The Morgan fingerprint density at radius 1 is 0.660 bits per heavy atom. The Balaban J connectivity index is 1.98. The van der Waals surface area contributed by atoms with Gasteiger partial charge in [0.05, 0.1) is 41.5 Å². The smallest absolute Gasteiger partial charge is 0.313 e. The van der Waals surface area contributed by atoms with E-state index >= 15 is 0 Å². The summed E-state index contributed by atoms with van der Waals surface area (Å²) in [6.07, 6.45) is 1.36. The van der Waals surface area contributed by atoms with Crippen LogP contribution >= 0.6 is 0 Å². The second kappa shape index (κ2) is 16.5. The molecule has 47 heavy (non-hydrogen) atoms. The van der Waals surface area contributed by atoms with Gasteiger partial charge in [0.2, 0.25) is 11.7 Å². The van der Waals surface area contributed by atoms with Crippen molar-refractivity contribution in [3.05, 3.63) is 65.5 Å². The first-order valence-electron chi connectivity index (χ1n) is 15.2. The standard InChI is InChI=1S/C35H45N3O9/c1-19(2)30(38-34(40)31-32(47-35(41)20(3)4)26(44-8)15-16-36-31)33(39)37-21(5)29(22-11-13-24(42-6)27(17-22)45-9)23-12-14-25(43-7)28(18-23)46-10/h11-21,29-30H,1-10H3,(H,37,39)(H,38,40)/t21-,30-/m0/s1. The average molecular weight is 652 g/mol. The van der Waals surface area contributed by atoms with Crippen LogP contribution in [0.4, 0.5) is 0 Å². The molecule has 0 unspecified atom stereocenters. The highest BCUT2D eigenvalue weighted by atomic mass is 16.6. The summed E-state index contributed by atoms with van der Waals surface area (Å²) in [6, 6.07) is 11.2. The maximum absolute atomic E-state index is 13.9. The van der Waals surface area contributed by atoms with E-state index in [1.54, 1.807) is 54.4 Å². The summed E-state index contributed by atoms with van der Waals surface area (Å²) in [5.74, 6) is -0.633. The zero-order chi connectivity index (χ0) is 34.8. The molecule has 0 fully saturated rings. The molecule has 0 radical (unpaired) electrons. The van der Waals surface area contributed by atoms with Crippen LogP contribution in [0.1, 0.15) is 62.2 Å². The Labute approximate surface area is 276 Å². The van der Waals surface area contributed by atoms with Gasteiger partial charge in [-0.2, -0.15) is 0 Å². The van der Waals surface area contributed by atoms with Gasteiger partial charge in [0.25, 0.3) is 5.91 Å². The minimum absolute atomic E-state index is 0.121. The van der Waals surface area contributed by atoms with Crippen molar-refractivity contribution in [2.75, 3.05) is 35.5 Å². The molecule has 1 aromatic heterocycles. The van der Waals surface area contributed by atoms with Crippen molar-refractivity contribution in [2.24, 2.45) is 11.8 Å². The molecule has 0 aliphatic rings. The molecule has 0 bridgehead atoms. The molecule has 12 nitrogen and oxygen atoms in total. The number of hydrogen-bond donors (Lipinski definition) is 2. The Hall–Kier alpha value is -5.00. The van der Waals surface area contributed by atoms with E-state index in [2.05, 4.69) is 15.6 Å². The number of nitrogens with one attached hydrogen (secondary N) is 2. The molecule has 0 aliphatic carbocycles. The molecular weight excluding hydrogens is 606 g/mol. The van der Waals surface area contributed by atoms with E-state index < -0.39 is 35.8 Å². The van der Waals surface area contributed by atoms with Crippen molar-refractivity contribution in [2.45, 2.75) is 52.6 Å². The highest BCUT2D eigenvalue weighted by molar-refractivity contribution is 5.99. The number of carbonyl (C=O) groups excluding carboxylic acids is 3. The van der Waals surface area contributed by atoms with E-state index in [1.807, 2.05) is 45.0 Å². The van der Waals surface area contributed by atoms with Crippen LogP contribution in [0, 0.1) is 11.8 Å². The van der Waals surface area contributed by atoms with Crippen LogP contribution in [0.2, 0.25) is 0 Å². The lowest BCUT2D eigenvalue weighted by atomic mass is 9.85. The van der Waals surface area contributed by atoms with Crippen LogP contribution in [-0.4, -0.2) is 70.4 Å². The van der Waals surface area contributed by atoms with Gasteiger partial charge < -0.3 is 39.1 Å². The van der Waals surface area contributed by atoms with E-state index in [0.29, 0.717) is 23.0 Å². The maximum atomic E-state index is 13.9. The molecule has 3 aromatic rings. The number of nitrogens with zero attached hydrogens (tertiary/aromatic N) is 1. The SMILES string of the molecule is COc1ccc(C(c2ccc(OC)c(OC)c2)[C@H](C)NC(=O)[C@@H](NC(=O)c2nccc(OC)c2OC(=O)C(C)C)C(C)C)cc1OC. The first-order valence-corrected chi connectivity index (χ1v) is 15.2. The minimum Gasteiger partial charge on any atom is -0.493 e. The summed E-state index contributed by atoms with van der Waals surface area (Å²) in [4.78, 5) is 44.1. The van der Waals surface area contributed by atoms with Crippen molar-refractivity contribution in [3.8, 4) is 34.5 Å². The van der Waals surface area contributed by atoms with Gasteiger partial charge in [0, 0.05) is 24.2 Å². The van der Waals surface area contributed by atoms with Gasteiger partial charge in [-0.05, 0) is 48.2 Å². The van der Waals surface area contributed by atoms with Crippen LogP contribution in [0.15, 0.2) is 48.7 Å². The predicted octanol–water partition coefficient (Wildman–Crippen LogP) is 4.78. The monoisotopic (exact) mass is 651 g/mol. The molecule has 2 aromatic carbocycles. The molecule has 0 aliphatic heterocycles. The number of benzene rings is 2. The molecule has 254 valence electrons. The quantitative estimate of drug-likeness (QED) is 0.221. The molecule has 0 spiro atoms. The fraction of sp³-hybridized carbons (Fsp3) is 0.429. The Kier molecular flexibility index (Phi) is 12.8. The molecular formula is C35H45N3O9. The number of amides is 2. The van der Waals surface area contributed by atoms with Crippen molar-refractivity contribution in [3.63, 3.8) is 0 Å². The van der Waals surface area contributed by atoms with E-state index in [-0.39, 0.29) is 29.0 Å². The zero-order valence-corrected chi connectivity index (χ0v) is 28.6. The number of rotatable bonds is 15. The van der Waals surface area contributed by atoms with Gasteiger partial charge in [-0.25, -0.2) is 4.98 Å². The first kappa shape index (κ1) is 36.5. The topological polar surface area (TPSA) is 144 Å². The zero-order valence-electron chi connectivity index (χ0n) is 28.6. The molecule has 0 saturated heterocycles. The summed E-state index contributed by atoms with van der Waals surface area (Å²) in [7, 11) is 7.62. The number of methoxy groups -OCH3 is 5. The summed E-state index contributed by atoms with van der Waals surface area (Å²) < 4.78 is 32.9. The van der Waals surface area contributed by atoms with Gasteiger partial charge in [-0.15, -0.1) is 0 Å². The molecule has 0 saturated carbocycles.